The van der Waals surface area contributed by atoms with E-state index in [1.807, 2.05) is 66.7 Å². The standard InChI is InChI=1S/C32H18N8.Mg/c1-2-10-18-17(9-1)25-33-26(18)38-28-21-13-5-6-14-22(21)30(35-28)40-32-24-16-8-7-15-23(24)31(36-32)39-29-20-12-4-3-11-19(20)27(34-29)37-25;/h1-16,25,37H;/q-2;+2/p+2. The Kier molecular flexibility index (Phi) is 5.31. The minimum Gasteiger partial charge on any atom is -0.400 e. The number of hydrogen-bond acceptors (Lipinski definition) is 4. The van der Waals surface area contributed by atoms with Gasteiger partial charge in [0.15, 0.2) is 5.84 Å². The molecule has 3 aliphatic rings. The Morgan fingerprint density at radius 2 is 1.20 bits per heavy atom. The van der Waals surface area contributed by atoms with Gasteiger partial charge in [0.25, 0.3) is 0 Å². The summed E-state index contributed by atoms with van der Waals surface area (Å²) >= 11 is 0. The Labute approximate surface area is 249 Å². The van der Waals surface area contributed by atoms with Crippen LogP contribution >= 0.6 is 0 Å². The molecule has 9 rings (SSSR count). The Morgan fingerprint density at radius 1 is 0.585 bits per heavy atom. The molecule has 0 radical (unpaired) electrons. The second-order valence-electron chi connectivity index (χ2n) is 9.99. The number of anilines is 1. The molecule has 2 aromatic heterocycles. The van der Waals surface area contributed by atoms with E-state index in [4.69, 9.17) is 24.9 Å². The van der Waals surface area contributed by atoms with Gasteiger partial charge in [-0.05, 0) is 21.5 Å². The molecular formula is C32H20MgN8+2. The second kappa shape index (κ2) is 9.08. The number of rotatable bonds is 0. The fourth-order valence-electron chi connectivity index (χ4n) is 5.81. The van der Waals surface area contributed by atoms with Crippen molar-refractivity contribution in [1.82, 2.24) is 9.97 Å². The zero-order valence-electron chi connectivity index (χ0n) is 21.8. The second-order valence-corrected chi connectivity index (χ2v) is 9.99. The van der Waals surface area contributed by atoms with E-state index in [-0.39, 0.29) is 29.2 Å². The van der Waals surface area contributed by atoms with Crippen molar-refractivity contribution in [2.45, 2.75) is 6.17 Å². The average molecular weight is 541 g/mol. The van der Waals surface area contributed by atoms with Gasteiger partial charge in [-0.3, -0.25) is 9.98 Å². The van der Waals surface area contributed by atoms with Gasteiger partial charge in [0.2, 0.25) is 0 Å². The summed E-state index contributed by atoms with van der Waals surface area (Å²) in [5.74, 6) is 3.56. The van der Waals surface area contributed by atoms with Crippen molar-refractivity contribution >= 4 is 73.7 Å². The molecule has 188 valence electrons. The molecule has 0 spiro atoms. The van der Waals surface area contributed by atoms with E-state index in [0.717, 1.165) is 55.5 Å². The van der Waals surface area contributed by atoms with Gasteiger partial charge in [-0.2, -0.15) is 0 Å². The first kappa shape index (κ1) is 24.0. The molecule has 0 saturated carbocycles. The SMILES string of the molecule is [Mg+2].c1ccc2c(c1)C1=[NH+]/C2=N\c2[n-]c(c3ccccc23)NC2[NH+]=C(N=c3[n-]c(c4ccccc34)=N1)c1ccccc12. The van der Waals surface area contributed by atoms with Crippen LogP contribution in [-0.2, 0) is 0 Å². The minimum atomic E-state index is -0.225. The molecule has 4 aromatic carbocycles. The maximum atomic E-state index is 5.06. The first-order chi connectivity index (χ1) is 19.8. The van der Waals surface area contributed by atoms with E-state index in [1.165, 1.54) is 0 Å². The van der Waals surface area contributed by atoms with Gasteiger partial charge in [0.1, 0.15) is 17.8 Å². The van der Waals surface area contributed by atoms with E-state index in [1.54, 1.807) is 0 Å². The number of amidine groups is 3. The normalized spacial score (nSPS) is 17.7. The van der Waals surface area contributed by atoms with Crippen LogP contribution in [0.5, 0.6) is 0 Å². The van der Waals surface area contributed by atoms with Gasteiger partial charge in [0, 0.05) is 44.9 Å². The van der Waals surface area contributed by atoms with E-state index >= 15 is 0 Å². The van der Waals surface area contributed by atoms with Crippen LogP contribution in [0.1, 0.15) is 28.4 Å². The van der Waals surface area contributed by atoms with Crippen molar-refractivity contribution in [3.05, 3.63) is 130 Å². The summed E-state index contributed by atoms with van der Waals surface area (Å²) in [6, 6.07) is 32.6. The fraction of sp³-hybridized carbons (Fsp3) is 0.0312. The Hall–Kier alpha value is -4.86. The summed E-state index contributed by atoms with van der Waals surface area (Å²) < 4.78 is 0. The largest absolute Gasteiger partial charge is 2.00 e. The summed E-state index contributed by atoms with van der Waals surface area (Å²) in [5, 5.41) is 7.50. The van der Waals surface area contributed by atoms with Crippen LogP contribution in [0.25, 0.3) is 21.5 Å². The third kappa shape index (κ3) is 3.63. The molecule has 5 heterocycles. The van der Waals surface area contributed by atoms with Gasteiger partial charge in [0.05, 0.1) is 0 Å². The van der Waals surface area contributed by atoms with Gasteiger partial charge in [-0.15, -0.1) is 0 Å². The van der Waals surface area contributed by atoms with Gasteiger partial charge >= 0.3 is 23.1 Å². The van der Waals surface area contributed by atoms with E-state index in [9.17, 15) is 0 Å². The monoisotopic (exact) mass is 540 g/mol. The number of fused-ring (bicyclic) bond motifs is 18. The molecule has 0 fully saturated rings. The maximum Gasteiger partial charge on any atom is 2.00 e. The Bertz CT molecular complexity index is 2270. The van der Waals surface area contributed by atoms with Gasteiger partial charge in [-0.25, -0.2) is 0 Å². The first-order valence-electron chi connectivity index (χ1n) is 13.2. The summed E-state index contributed by atoms with van der Waals surface area (Å²) in [6.07, 6.45) is -0.225. The molecule has 8 bridgehead atoms. The predicted octanol–water partition coefficient (Wildman–Crippen LogP) is 0.350. The summed E-state index contributed by atoms with van der Waals surface area (Å²) in [7, 11) is 0. The van der Waals surface area contributed by atoms with E-state index in [2.05, 4.69) is 45.6 Å². The number of aliphatic imine (C=N–C) groups is 1. The summed E-state index contributed by atoms with van der Waals surface area (Å²) in [5.41, 5.74) is 5.29. The Balaban J connectivity index is 0.00000256. The third-order valence-corrected chi connectivity index (χ3v) is 7.68. The number of aromatic nitrogens is 2. The topological polar surface area (TPSA) is 105 Å². The van der Waals surface area contributed by atoms with Crippen molar-refractivity contribution in [3.63, 3.8) is 0 Å². The molecule has 6 aromatic rings. The molecule has 0 saturated heterocycles. The molecule has 0 aliphatic carbocycles. The van der Waals surface area contributed by atoms with Crippen molar-refractivity contribution in [1.29, 1.82) is 0 Å². The maximum absolute atomic E-state index is 5.06. The first-order valence-corrected chi connectivity index (χ1v) is 13.2. The minimum absolute atomic E-state index is 0. The number of nitrogens with zero attached hydrogens (tertiary/aromatic N) is 5. The van der Waals surface area contributed by atoms with Crippen molar-refractivity contribution in [2.75, 3.05) is 5.32 Å². The van der Waals surface area contributed by atoms with Crippen molar-refractivity contribution < 1.29 is 9.98 Å². The van der Waals surface area contributed by atoms with Crippen LogP contribution in [0.15, 0.2) is 112 Å². The zero-order valence-corrected chi connectivity index (χ0v) is 23.2. The Morgan fingerprint density at radius 3 is 1.98 bits per heavy atom. The third-order valence-electron chi connectivity index (χ3n) is 7.68. The fourth-order valence-corrected chi connectivity index (χ4v) is 5.81. The van der Waals surface area contributed by atoms with Crippen LogP contribution < -0.4 is 36.2 Å². The molecule has 1 atom stereocenters. The number of nitrogens with one attached hydrogen (secondary N) is 3. The van der Waals surface area contributed by atoms with Gasteiger partial charge in [-0.1, -0.05) is 97.1 Å². The molecule has 0 amide bonds. The molecule has 41 heavy (non-hydrogen) atoms. The quantitative estimate of drug-likeness (QED) is 0.242. The zero-order chi connectivity index (χ0) is 26.2. The molecular weight excluding hydrogens is 521 g/mol. The van der Waals surface area contributed by atoms with Crippen molar-refractivity contribution in [2.24, 2.45) is 15.0 Å². The van der Waals surface area contributed by atoms with Crippen LogP contribution in [0, 0.1) is 0 Å². The number of benzene rings is 4. The number of hydrogen-bond donors (Lipinski definition) is 3. The van der Waals surface area contributed by atoms with Crippen molar-refractivity contribution in [3.8, 4) is 0 Å². The van der Waals surface area contributed by atoms with Gasteiger partial charge < -0.3 is 30.3 Å². The molecule has 8 nitrogen and oxygen atoms in total. The molecule has 3 N–H and O–H groups in total. The molecule has 3 aliphatic heterocycles. The van der Waals surface area contributed by atoms with Crippen LogP contribution in [0.2, 0.25) is 0 Å². The van der Waals surface area contributed by atoms with E-state index < -0.39 is 0 Å². The summed E-state index contributed by atoms with van der Waals surface area (Å²) in [6.45, 7) is 0. The molecule has 1 unspecified atom stereocenters. The molecule has 9 heteroatoms. The van der Waals surface area contributed by atoms with Crippen LogP contribution in [0.3, 0.4) is 0 Å². The predicted molar refractivity (Wildman–Crippen MR) is 158 cm³/mol. The smallest absolute Gasteiger partial charge is 0.400 e. The van der Waals surface area contributed by atoms with Crippen LogP contribution in [0.4, 0.5) is 11.6 Å². The van der Waals surface area contributed by atoms with E-state index in [0.29, 0.717) is 28.5 Å². The van der Waals surface area contributed by atoms with Crippen LogP contribution in [-0.4, -0.2) is 40.6 Å². The summed E-state index contributed by atoms with van der Waals surface area (Å²) in [4.78, 5) is 32.1. The average Bonchev–Trinajstić information content (AvgIpc) is 3.73.